The van der Waals surface area contributed by atoms with Crippen LogP contribution in [0.5, 0.6) is 0 Å². The fourth-order valence-electron chi connectivity index (χ4n) is 11.4. The first kappa shape index (κ1) is 102. The second kappa shape index (κ2) is 49.5. The smallest absolute Gasteiger partial charge is 0.323 e. The van der Waals surface area contributed by atoms with Crippen LogP contribution in [-0.2, 0) is 39.1 Å². The zero-order valence-corrected chi connectivity index (χ0v) is 78.4. The maximum atomic E-state index is 12.2. The molecule has 21 nitrogen and oxygen atoms in total. The summed E-state index contributed by atoms with van der Waals surface area (Å²) in [5.41, 5.74) is 4.68. The summed E-state index contributed by atoms with van der Waals surface area (Å²) in [7, 11) is 5.09. The number of ether oxygens (including phenoxy) is 3. The standard InChI is InChI=1S/C12H17NO3S.C11H15NO3S.C11H13NO3S.C10H13NO3S2.C9H11NO3S.C9H14S.2C7H7F.C7H9N.C6H8S/c1-8-4-5-11(17-8)12(14)13-6-9(15-2)10(7-13)16-3;1-7-3-4-10(16-7)11(14)12-5-8(13)9(6-12)15-2;1-6-3-4-9(16-6)10(13)12(2)8-5-7(8)11(14)15;1-8-2-3-9(15-8)10(12)11-4-6-16(13,14)7-5-11;1-6-3-4-7(14-6)9(13)10(2)5-8(11)12;1-7-5-6-8(10-7)9(2,3)4;1-6-2-4-7(8)5-3-6;1-6-3-2-4-7(8)5-6;1-6-3-4-7(2)8-5-6;1-5-3-4-6(2)7-5/h4-5,9-10H,6-7H2,1-3H3;3-4,8-9,13H,5-6H2,1-2H3;3-4,7-8H,5H2,1-2H3,(H,14,15);2-3H,4-7H2,1H3;3-4H,5H2,1-2H3,(H,11,12);5-6H,1-4H3;2*2-5H,1H3;3-5H,1-2H3;3-4H,1-2H3. The lowest BCUT2D eigenvalue weighted by Gasteiger charge is -2.26. The van der Waals surface area contributed by atoms with Gasteiger partial charge in [-0.15, -0.1) is 79.4 Å². The number of carboxylic acid groups (broad SMARTS) is 2. The summed E-state index contributed by atoms with van der Waals surface area (Å²) in [5, 5.41) is 26.9. The highest BCUT2D eigenvalue weighted by molar-refractivity contribution is 7.91. The van der Waals surface area contributed by atoms with Crippen molar-refractivity contribution in [1.29, 1.82) is 0 Å². The minimum absolute atomic E-state index is 0.0169. The average Bonchev–Trinajstić information content (AvgIpc) is 1.63. The maximum Gasteiger partial charge on any atom is 0.323 e. The lowest BCUT2D eigenvalue weighted by molar-refractivity contribution is -0.139. The van der Waals surface area contributed by atoms with E-state index in [0.29, 0.717) is 65.7 Å². The van der Waals surface area contributed by atoms with E-state index in [9.17, 15) is 55.9 Å². The van der Waals surface area contributed by atoms with Crippen molar-refractivity contribution in [2.24, 2.45) is 5.92 Å². The Kier molecular flexibility index (Phi) is 42.1. The molecule has 652 valence electrons. The number of sulfone groups is 1. The molecule has 120 heavy (non-hydrogen) atoms. The van der Waals surface area contributed by atoms with E-state index in [-0.39, 0.29) is 89.5 Å². The number of aromatic nitrogens is 1. The third-order valence-corrected chi connectivity index (χ3v) is 27.2. The Balaban J connectivity index is 0.000000241. The number of aryl methyl sites for hydroxylation is 12. The van der Waals surface area contributed by atoms with E-state index < -0.39 is 27.9 Å². The molecule has 1 aliphatic carbocycles. The summed E-state index contributed by atoms with van der Waals surface area (Å²) in [5.74, 6) is -2.67. The number of likely N-dealkylation sites (tertiary alicyclic amines) is 2. The predicted molar refractivity (Wildman–Crippen MR) is 484 cm³/mol. The van der Waals surface area contributed by atoms with Gasteiger partial charge in [-0.3, -0.25) is 38.5 Å². The first-order valence-corrected chi connectivity index (χ1v) is 46.0. The number of aliphatic hydroxyl groups is 1. The number of carboxylic acids is 2. The molecule has 14 rings (SSSR count). The number of nitrogens with zero attached hydrogens (tertiary/aromatic N) is 6. The van der Waals surface area contributed by atoms with Crippen molar-refractivity contribution in [3.8, 4) is 0 Å². The second-order valence-electron chi connectivity index (χ2n) is 29.9. The van der Waals surface area contributed by atoms with Gasteiger partial charge < -0.3 is 54.0 Å². The predicted octanol–water partition coefficient (Wildman–Crippen LogP) is 17.9. The van der Waals surface area contributed by atoms with Gasteiger partial charge >= 0.3 is 11.9 Å². The van der Waals surface area contributed by atoms with Crippen molar-refractivity contribution in [1.82, 2.24) is 29.5 Å². The van der Waals surface area contributed by atoms with Crippen LogP contribution >= 0.6 is 79.4 Å². The molecule has 10 aromatic rings. The van der Waals surface area contributed by atoms with E-state index in [0.717, 1.165) is 51.0 Å². The Hall–Kier alpha value is -8.57. The number of amides is 5. The van der Waals surface area contributed by atoms with Gasteiger partial charge in [-0.25, -0.2) is 17.2 Å². The van der Waals surface area contributed by atoms with Gasteiger partial charge in [-0.2, -0.15) is 0 Å². The molecule has 1 saturated carbocycles. The van der Waals surface area contributed by atoms with Gasteiger partial charge in [0.25, 0.3) is 29.5 Å². The van der Waals surface area contributed by atoms with Gasteiger partial charge in [0, 0.05) is 137 Å². The Morgan fingerprint density at radius 2 is 0.875 bits per heavy atom. The van der Waals surface area contributed by atoms with Crippen LogP contribution in [0.25, 0.3) is 0 Å². The zero-order valence-electron chi connectivity index (χ0n) is 71.9. The normalized spacial score (nSPS) is 17.0. The quantitative estimate of drug-likeness (QED) is 0.103. The fourth-order valence-corrected chi connectivity index (χ4v) is 18.5. The number of hydrogen-bond donors (Lipinski definition) is 3. The Labute approximate surface area is 733 Å². The molecule has 5 amide bonds. The largest absolute Gasteiger partial charge is 0.481 e. The highest BCUT2D eigenvalue weighted by atomic mass is 32.2. The van der Waals surface area contributed by atoms with Crippen LogP contribution in [0.2, 0.25) is 0 Å². The van der Waals surface area contributed by atoms with Crippen molar-refractivity contribution in [2.75, 3.05) is 92.7 Å². The molecular weight excluding hydrogens is 1690 g/mol. The number of aliphatic carboxylic acids is 2. The number of hydrogen-bond acceptors (Lipinski definition) is 21. The first-order chi connectivity index (χ1) is 56.4. The van der Waals surface area contributed by atoms with Crippen LogP contribution in [0.1, 0.15) is 142 Å². The van der Waals surface area contributed by atoms with Crippen LogP contribution in [0, 0.1) is 101 Å². The van der Waals surface area contributed by atoms with Gasteiger partial charge in [0.1, 0.15) is 36.5 Å². The summed E-state index contributed by atoms with van der Waals surface area (Å²) < 4.78 is 62.4. The van der Waals surface area contributed by atoms with E-state index >= 15 is 0 Å². The topological polar surface area (TPSA) is 271 Å². The molecule has 3 aliphatic heterocycles. The fraction of sp³-hybridized carbons (Fsp3) is 0.416. The minimum atomic E-state index is -2.92. The molecule has 4 aliphatic rings. The molecule has 11 heterocycles. The number of methoxy groups -OCH3 is 3. The zero-order chi connectivity index (χ0) is 89.5. The van der Waals surface area contributed by atoms with Gasteiger partial charge in [-0.05, 0) is 221 Å². The van der Waals surface area contributed by atoms with E-state index in [1.54, 1.807) is 84.4 Å². The van der Waals surface area contributed by atoms with Crippen LogP contribution < -0.4 is 0 Å². The number of benzene rings is 2. The molecule has 4 fully saturated rings. The third-order valence-electron chi connectivity index (χ3n) is 18.3. The highest BCUT2D eigenvalue weighted by Gasteiger charge is 2.48. The molecule has 6 unspecified atom stereocenters. The van der Waals surface area contributed by atoms with Crippen LogP contribution in [0.4, 0.5) is 8.78 Å². The lowest BCUT2D eigenvalue weighted by atomic mass is 9.95. The highest BCUT2D eigenvalue weighted by Crippen LogP contribution is 2.37. The van der Waals surface area contributed by atoms with Gasteiger partial charge in [-0.1, -0.05) is 56.7 Å². The molecule has 0 spiro atoms. The van der Waals surface area contributed by atoms with E-state index in [4.69, 9.17) is 24.4 Å². The van der Waals surface area contributed by atoms with E-state index in [2.05, 4.69) is 76.9 Å². The number of carbonyl (C=O) groups is 7. The van der Waals surface area contributed by atoms with Crippen molar-refractivity contribution in [2.45, 2.75) is 146 Å². The number of likely N-dealkylation sites (N-methyl/N-ethyl adjacent to an activating group) is 1. The first-order valence-electron chi connectivity index (χ1n) is 38.5. The van der Waals surface area contributed by atoms with Crippen LogP contribution in [-0.4, -0.2) is 218 Å². The van der Waals surface area contributed by atoms with Crippen LogP contribution in [0.3, 0.4) is 0 Å². The van der Waals surface area contributed by atoms with Crippen LogP contribution in [0.15, 0.2) is 152 Å². The van der Waals surface area contributed by atoms with Crippen molar-refractivity contribution >= 4 is 131 Å². The molecular formula is C89H114F2N6O15S8. The summed E-state index contributed by atoms with van der Waals surface area (Å²) in [6.45, 7) is 33.1. The third kappa shape index (κ3) is 35.5. The lowest BCUT2D eigenvalue weighted by Crippen LogP contribution is -2.43. The molecule has 2 aromatic carbocycles. The second-order valence-corrected chi connectivity index (χ2v) is 41.4. The van der Waals surface area contributed by atoms with Crippen molar-refractivity contribution < 1.29 is 80.3 Å². The molecule has 0 bridgehead atoms. The summed E-state index contributed by atoms with van der Waals surface area (Å²) in [4.78, 5) is 107. The number of aliphatic hydroxyl groups excluding tert-OH is 1. The van der Waals surface area contributed by atoms with Crippen molar-refractivity contribution in [3.05, 3.63) is 254 Å². The Morgan fingerprint density at radius 3 is 1.19 bits per heavy atom. The van der Waals surface area contributed by atoms with Gasteiger partial charge in [0.15, 0.2) is 9.84 Å². The number of halogens is 2. The van der Waals surface area contributed by atoms with E-state index in [1.165, 1.54) is 118 Å². The number of carbonyl (C=O) groups excluding carboxylic acids is 5. The number of rotatable bonds is 12. The van der Waals surface area contributed by atoms with Gasteiger partial charge in [0.2, 0.25) is 0 Å². The number of pyridine rings is 1. The summed E-state index contributed by atoms with van der Waals surface area (Å²) in [6.07, 6.45) is 1.56. The van der Waals surface area contributed by atoms with Gasteiger partial charge in [0.05, 0.1) is 47.9 Å². The minimum Gasteiger partial charge on any atom is -0.481 e. The molecule has 3 N–H and O–H groups in total. The molecule has 0 radical (unpaired) electrons. The molecule has 3 saturated heterocycles. The van der Waals surface area contributed by atoms with Crippen molar-refractivity contribution in [3.63, 3.8) is 0 Å². The average molecular weight is 1800 g/mol. The summed E-state index contributed by atoms with van der Waals surface area (Å²) in [6, 6.07) is 44.1. The Bertz CT molecular complexity index is 4860. The Morgan fingerprint density at radius 1 is 0.475 bits per heavy atom. The monoisotopic (exact) mass is 1800 g/mol. The molecule has 8 aromatic heterocycles. The molecule has 6 atom stereocenters. The maximum absolute atomic E-state index is 12.2. The van der Waals surface area contributed by atoms with E-state index in [1.807, 2.05) is 146 Å². The SMILES string of the molecule is COC1CN(C(=O)c2ccc(C)s2)CC1O.COC1CN(C(=O)c2ccc(C)s2)CC1OC.Cc1ccc(C(=O)N(C)C2CC2C(=O)O)s1.Cc1ccc(C(=O)N(C)CC(=O)O)s1.Cc1ccc(C(=O)N2CCS(=O)(=O)CC2)s1.Cc1ccc(C(C)(C)C)s1.Cc1ccc(C)nc1.Cc1ccc(C)s1.Cc1ccc(F)cc1.Cc1cccc(F)c1. The number of thiophene rings is 7. The summed E-state index contributed by atoms with van der Waals surface area (Å²) >= 11 is 11.0. The number of β-amino-alcohol motifs (C(OH)–C–C–N with tert-alkyl or cyclic N) is 1. The molecule has 31 heteroatoms.